The van der Waals surface area contributed by atoms with E-state index in [-0.39, 0.29) is 6.10 Å². The molecule has 1 atom stereocenters. The third-order valence-corrected chi connectivity index (χ3v) is 3.05. The normalized spacial score (nSPS) is 18.9. The molecule has 3 heteroatoms. The maximum absolute atomic E-state index is 9.86. The van der Waals surface area contributed by atoms with E-state index in [1.807, 2.05) is 12.1 Å². The van der Waals surface area contributed by atoms with Gasteiger partial charge in [0.2, 0.25) is 0 Å². The van der Waals surface area contributed by atoms with Crippen LogP contribution in [-0.2, 0) is 6.42 Å². The van der Waals surface area contributed by atoms with Crippen LogP contribution in [0.15, 0.2) is 18.3 Å². The molecule has 0 radical (unpaired) electrons. The van der Waals surface area contributed by atoms with E-state index in [0.29, 0.717) is 18.2 Å². The lowest BCUT2D eigenvalue weighted by Crippen LogP contribution is -2.28. The summed E-state index contributed by atoms with van der Waals surface area (Å²) in [6, 6.07) is 3.80. The number of nitrogens with zero attached hydrogens (tertiary/aromatic N) is 1. The zero-order chi connectivity index (χ0) is 9.97. The Morgan fingerprint density at radius 1 is 1.57 bits per heavy atom. The number of hydrogen-bond donors (Lipinski definition) is 2. The van der Waals surface area contributed by atoms with Crippen LogP contribution in [0.1, 0.15) is 24.8 Å². The molecule has 0 spiro atoms. The maximum atomic E-state index is 9.86. The van der Waals surface area contributed by atoms with Gasteiger partial charge < -0.3 is 10.8 Å². The lowest BCUT2D eigenvalue weighted by molar-refractivity contribution is 0.0631. The van der Waals surface area contributed by atoms with Crippen LogP contribution in [0.25, 0.3) is 0 Å². The van der Waals surface area contributed by atoms with Gasteiger partial charge in [0.05, 0.1) is 6.10 Å². The molecule has 3 N–H and O–H groups in total. The summed E-state index contributed by atoms with van der Waals surface area (Å²) in [5, 5.41) is 9.86. The van der Waals surface area contributed by atoms with E-state index in [1.165, 1.54) is 6.42 Å². The van der Waals surface area contributed by atoms with Crippen molar-refractivity contribution >= 4 is 5.82 Å². The number of nitrogen functional groups attached to an aromatic ring is 1. The summed E-state index contributed by atoms with van der Waals surface area (Å²) in [5.41, 5.74) is 6.67. The van der Waals surface area contributed by atoms with Crippen LogP contribution in [0.4, 0.5) is 5.82 Å². The first-order chi connectivity index (χ1) is 6.77. The van der Waals surface area contributed by atoms with Crippen molar-refractivity contribution in [1.29, 1.82) is 0 Å². The van der Waals surface area contributed by atoms with Gasteiger partial charge >= 0.3 is 0 Å². The first-order valence-corrected chi connectivity index (χ1v) is 5.15. The smallest absolute Gasteiger partial charge is 0.126 e. The number of aromatic nitrogens is 1. The summed E-state index contributed by atoms with van der Waals surface area (Å²) in [7, 11) is 0. The molecule has 1 aliphatic carbocycles. The Bertz CT molecular complexity index is 310. The Labute approximate surface area is 84.0 Å². The average Bonchev–Trinajstić information content (AvgIpc) is 2.05. The predicted molar refractivity (Wildman–Crippen MR) is 55.7 cm³/mol. The molecule has 1 aromatic rings. The molecule has 0 aromatic carbocycles. The Hall–Kier alpha value is -1.09. The third kappa shape index (κ3) is 1.87. The number of rotatable bonds is 3. The predicted octanol–water partition coefficient (Wildman–Crippen LogP) is 1.37. The van der Waals surface area contributed by atoms with Gasteiger partial charge in [-0.05, 0) is 30.4 Å². The molecule has 1 unspecified atom stereocenters. The SMILES string of the molecule is Nc1ncccc1CC(O)C1CCC1. The highest BCUT2D eigenvalue weighted by atomic mass is 16.3. The van der Waals surface area contributed by atoms with Crippen molar-refractivity contribution in [3.05, 3.63) is 23.9 Å². The van der Waals surface area contributed by atoms with E-state index in [0.717, 1.165) is 18.4 Å². The van der Waals surface area contributed by atoms with Crippen LogP contribution in [0.2, 0.25) is 0 Å². The van der Waals surface area contributed by atoms with Gasteiger partial charge in [0, 0.05) is 12.6 Å². The molecule has 0 aliphatic heterocycles. The second kappa shape index (κ2) is 3.96. The Balaban J connectivity index is 1.99. The molecule has 1 saturated carbocycles. The van der Waals surface area contributed by atoms with Crippen molar-refractivity contribution in [3.8, 4) is 0 Å². The van der Waals surface area contributed by atoms with E-state index in [4.69, 9.17) is 5.73 Å². The zero-order valence-corrected chi connectivity index (χ0v) is 8.19. The molecule has 1 aromatic heterocycles. The van der Waals surface area contributed by atoms with Gasteiger partial charge in [0.25, 0.3) is 0 Å². The van der Waals surface area contributed by atoms with Crippen LogP contribution < -0.4 is 5.73 Å². The van der Waals surface area contributed by atoms with Crippen molar-refractivity contribution in [3.63, 3.8) is 0 Å². The topological polar surface area (TPSA) is 59.1 Å². The molecular formula is C11H16N2O. The monoisotopic (exact) mass is 192 g/mol. The van der Waals surface area contributed by atoms with E-state index in [2.05, 4.69) is 4.98 Å². The molecule has 2 rings (SSSR count). The van der Waals surface area contributed by atoms with Crippen molar-refractivity contribution in [2.24, 2.45) is 5.92 Å². The molecule has 1 fully saturated rings. The molecule has 0 amide bonds. The molecule has 1 heterocycles. The molecule has 3 nitrogen and oxygen atoms in total. The lowest BCUT2D eigenvalue weighted by Gasteiger charge is -2.30. The van der Waals surface area contributed by atoms with Gasteiger partial charge in [0.15, 0.2) is 0 Å². The van der Waals surface area contributed by atoms with Gasteiger partial charge in [0.1, 0.15) is 5.82 Å². The number of aliphatic hydroxyl groups is 1. The molecule has 0 bridgehead atoms. The van der Waals surface area contributed by atoms with E-state index < -0.39 is 0 Å². The Kier molecular flexibility index (Phi) is 2.68. The second-order valence-corrected chi connectivity index (χ2v) is 4.01. The number of anilines is 1. The summed E-state index contributed by atoms with van der Waals surface area (Å²) in [4.78, 5) is 4.00. The molecular weight excluding hydrogens is 176 g/mol. The summed E-state index contributed by atoms with van der Waals surface area (Å²) >= 11 is 0. The van der Waals surface area contributed by atoms with Gasteiger partial charge in [-0.1, -0.05) is 12.5 Å². The van der Waals surface area contributed by atoms with E-state index >= 15 is 0 Å². The minimum atomic E-state index is -0.241. The van der Waals surface area contributed by atoms with Gasteiger partial charge in [-0.25, -0.2) is 4.98 Å². The Morgan fingerprint density at radius 3 is 2.93 bits per heavy atom. The second-order valence-electron chi connectivity index (χ2n) is 4.01. The van der Waals surface area contributed by atoms with Gasteiger partial charge in [-0.3, -0.25) is 0 Å². The van der Waals surface area contributed by atoms with Crippen LogP contribution in [-0.4, -0.2) is 16.2 Å². The Morgan fingerprint density at radius 2 is 2.36 bits per heavy atom. The fraction of sp³-hybridized carbons (Fsp3) is 0.545. The van der Waals surface area contributed by atoms with Crippen molar-refractivity contribution in [1.82, 2.24) is 4.98 Å². The van der Waals surface area contributed by atoms with Gasteiger partial charge in [-0.15, -0.1) is 0 Å². The highest BCUT2D eigenvalue weighted by Gasteiger charge is 2.25. The third-order valence-electron chi connectivity index (χ3n) is 3.05. The first kappa shape index (κ1) is 9.46. The highest BCUT2D eigenvalue weighted by Crippen LogP contribution is 2.31. The lowest BCUT2D eigenvalue weighted by atomic mass is 9.79. The minimum Gasteiger partial charge on any atom is -0.392 e. The van der Waals surface area contributed by atoms with Crippen LogP contribution in [0.3, 0.4) is 0 Å². The standard InChI is InChI=1S/C11H16N2O/c12-11-9(5-2-6-13-11)7-10(14)8-3-1-4-8/h2,5-6,8,10,14H,1,3-4,7H2,(H2,12,13). The number of nitrogens with two attached hydrogens (primary N) is 1. The van der Waals surface area contributed by atoms with Crippen LogP contribution >= 0.6 is 0 Å². The van der Waals surface area contributed by atoms with Crippen LogP contribution in [0.5, 0.6) is 0 Å². The highest BCUT2D eigenvalue weighted by molar-refractivity contribution is 5.38. The van der Waals surface area contributed by atoms with Crippen molar-refractivity contribution in [2.75, 3.05) is 5.73 Å². The quantitative estimate of drug-likeness (QED) is 0.760. The zero-order valence-electron chi connectivity index (χ0n) is 8.19. The molecule has 76 valence electrons. The fourth-order valence-corrected chi connectivity index (χ4v) is 1.84. The molecule has 14 heavy (non-hydrogen) atoms. The summed E-state index contributed by atoms with van der Waals surface area (Å²) in [6.45, 7) is 0. The maximum Gasteiger partial charge on any atom is 0.126 e. The fourth-order valence-electron chi connectivity index (χ4n) is 1.84. The van der Waals surface area contributed by atoms with Crippen molar-refractivity contribution in [2.45, 2.75) is 31.8 Å². The summed E-state index contributed by atoms with van der Waals surface area (Å²) < 4.78 is 0. The number of aliphatic hydroxyl groups excluding tert-OH is 1. The van der Waals surface area contributed by atoms with E-state index in [1.54, 1.807) is 6.20 Å². The number of pyridine rings is 1. The minimum absolute atomic E-state index is 0.241. The largest absolute Gasteiger partial charge is 0.392 e. The molecule has 1 aliphatic rings. The first-order valence-electron chi connectivity index (χ1n) is 5.15. The van der Waals surface area contributed by atoms with Gasteiger partial charge in [-0.2, -0.15) is 0 Å². The molecule has 0 saturated heterocycles. The average molecular weight is 192 g/mol. The van der Waals surface area contributed by atoms with E-state index in [9.17, 15) is 5.11 Å². The summed E-state index contributed by atoms with van der Waals surface area (Å²) in [5.74, 6) is 1.03. The number of hydrogen-bond acceptors (Lipinski definition) is 3. The van der Waals surface area contributed by atoms with Crippen LogP contribution in [0, 0.1) is 5.92 Å². The summed E-state index contributed by atoms with van der Waals surface area (Å²) in [6.07, 6.45) is 5.64. The van der Waals surface area contributed by atoms with Crippen molar-refractivity contribution < 1.29 is 5.11 Å².